The third-order valence-corrected chi connectivity index (χ3v) is 4.43. The maximum absolute atomic E-state index is 13.0. The SMILES string of the molecule is CCNC(=NCCCOCC1CC1)NCCc1coc(-c2ccc(F)cc2)n1.I. The van der Waals surface area contributed by atoms with Crippen LogP contribution in [-0.4, -0.2) is 43.8 Å². The van der Waals surface area contributed by atoms with Gasteiger partial charge in [-0.25, -0.2) is 9.37 Å². The second-order valence-electron chi connectivity index (χ2n) is 6.96. The molecule has 2 N–H and O–H groups in total. The summed E-state index contributed by atoms with van der Waals surface area (Å²) in [6.07, 6.45) is 5.92. The molecule has 0 spiro atoms. The molecule has 8 heteroatoms. The first-order valence-corrected chi connectivity index (χ1v) is 10.0. The summed E-state index contributed by atoms with van der Waals surface area (Å²) >= 11 is 0. The molecule has 1 fully saturated rings. The van der Waals surface area contributed by atoms with Gasteiger partial charge in [0.25, 0.3) is 0 Å². The highest BCUT2D eigenvalue weighted by Crippen LogP contribution is 2.28. The highest BCUT2D eigenvalue weighted by molar-refractivity contribution is 14.0. The summed E-state index contributed by atoms with van der Waals surface area (Å²) < 4.78 is 24.1. The Hall–Kier alpha value is -1.68. The Balaban J connectivity index is 0.00000300. The first-order chi connectivity index (χ1) is 13.7. The predicted octanol–water partition coefficient (Wildman–Crippen LogP) is 4.01. The molecule has 160 valence electrons. The third kappa shape index (κ3) is 8.69. The number of oxazole rings is 1. The van der Waals surface area contributed by atoms with Crippen LogP contribution < -0.4 is 10.6 Å². The summed E-state index contributed by atoms with van der Waals surface area (Å²) in [5.74, 6) is 1.83. The third-order valence-electron chi connectivity index (χ3n) is 4.43. The Morgan fingerprint density at radius 3 is 2.79 bits per heavy atom. The number of aliphatic imine (C=N–C) groups is 1. The molecule has 1 aliphatic rings. The van der Waals surface area contributed by atoms with Gasteiger partial charge in [-0.3, -0.25) is 4.99 Å². The van der Waals surface area contributed by atoms with E-state index in [4.69, 9.17) is 9.15 Å². The second-order valence-corrected chi connectivity index (χ2v) is 6.96. The number of hydrogen-bond donors (Lipinski definition) is 2. The van der Waals surface area contributed by atoms with Crippen LogP contribution in [0.15, 0.2) is 39.9 Å². The maximum Gasteiger partial charge on any atom is 0.226 e. The fraction of sp³-hybridized carbons (Fsp3) is 0.524. The molecule has 1 aliphatic carbocycles. The quantitative estimate of drug-likeness (QED) is 0.205. The lowest BCUT2D eigenvalue weighted by atomic mass is 10.2. The lowest BCUT2D eigenvalue weighted by Crippen LogP contribution is -2.38. The largest absolute Gasteiger partial charge is 0.444 e. The molecule has 1 saturated carbocycles. The van der Waals surface area contributed by atoms with Crippen LogP contribution in [0.4, 0.5) is 4.39 Å². The van der Waals surface area contributed by atoms with Gasteiger partial charge in [-0.2, -0.15) is 0 Å². The van der Waals surface area contributed by atoms with Gasteiger partial charge in [0, 0.05) is 44.8 Å². The molecular formula is C21H30FIN4O2. The highest BCUT2D eigenvalue weighted by atomic mass is 127. The number of nitrogens with zero attached hydrogens (tertiary/aromatic N) is 2. The van der Waals surface area contributed by atoms with E-state index in [9.17, 15) is 4.39 Å². The van der Waals surface area contributed by atoms with Gasteiger partial charge in [-0.05, 0) is 56.4 Å². The smallest absolute Gasteiger partial charge is 0.226 e. The van der Waals surface area contributed by atoms with Crippen LogP contribution in [0, 0.1) is 11.7 Å². The van der Waals surface area contributed by atoms with Crippen LogP contribution in [0.1, 0.15) is 31.9 Å². The molecule has 0 saturated heterocycles. The van der Waals surface area contributed by atoms with Crippen LogP contribution in [0.3, 0.4) is 0 Å². The molecule has 0 aliphatic heterocycles. The van der Waals surface area contributed by atoms with Crippen molar-refractivity contribution in [2.45, 2.75) is 32.6 Å². The molecule has 0 atom stereocenters. The zero-order chi connectivity index (χ0) is 19.6. The number of hydrogen-bond acceptors (Lipinski definition) is 4. The van der Waals surface area contributed by atoms with E-state index in [1.807, 2.05) is 6.92 Å². The molecule has 0 unspecified atom stereocenters. The molecule has 0 bridgehead atoms. The van der Waals surface area contributed by atoms with Gasteiger partial charge >= 0.3 is 0 Å². The highest BCUT2D eigenvalue weighted by Gasteiger charge is 2.20. The average Bonchev–Trinajstić information content (AvgIpc) is 3.41. The normalized spacial score (nSPS) is 13.8. The van der Waals surface area contributed by atoms with Gasteiger partial charge in [0.05, 0.1) is 5.69 Å². The zero-order valence-corrected chi connectivity index (χ0v) is 19.2. The topological polar surface area (TPSA) is 71.7 Å². The first-order valence-electron chi connectivity index (χ1n) is 10.0. The van der Waals surface area contributed by atoms with Gasteiger partial charge in [0.15, 0.2) is 5.96 Å². The zero-order valence-electron chi connectivity index (χ0n) is 16.8. The predicted molar refractivity (Wildman–Crippen MR) is 123 cm³/mol. The van der Waals surface area contributed by atoms with Gasteiger partial charge in [-0.15, -0.1) is 24.0 Å². The Bertz CT molecular complexity index is 747. The van der Waals surface area contributed by atoms with Crippen molar-refractivity contribution in [1.82, 2.24) is 15.6 Å². The summed E-state index contributed by atoms with van der Waals surface area (Å²) in [7, 11) is 0. The van der Waals surface area contributed by atoms with Crippen molar-refractivity contribution in [1.29, 1.82) is 0 Å². The number of aromatic nitrogens is 1. The van der Waals surface area contributed by atoms with Crippen molar-refractivity contribution in [3.8, 4) is 11.5 Å². The number of rotatable bonds is 11. The van der Waals surface area contributed by atoms with Gasteiger partial charge in [0.1, 0.15) is 12.1 Å². The number of halogens is 2. The standard InChI is InChI=1S/C21H29FN4O2.HI/c1-2-23-21(24-11-3-13-27-14-16-4-5-16)25-12-10-19-15-28-20(26-19)17-6-8-18(22)9-7-17;/h6-9,15-16H,2-5,10-14H2,1H3,(H2,23,24,25);1H. The van der Waals surface area contributed by atoms with Crippen LogP contribution in [0.2, 0.25) is 0 Å². The molecule has 0 radical (unpaired) electrons. The summed E-state index contributed by atoms with van der Waals surface area (Å²) in [6.45, 7) is 5.95. The van der Waals surface area contributed by atoms with Crippen LogP contribution in [-0.2, 0) is 11.2 Å². The van der Waals surface area contributed by atoms with Crippen molar-refractivity contribution in [2.24, 2.45) is 10.9 Å². The molecule has 6 nitrogen and oxygen atoms in total. The summed E-state index contributed by atoms with van der Waals surface area (Å²) in [4.78, 5) is 9.04. The minimum atomic E-state index is -0.274. The summed E-state index contributed by atoms with van der Waals surface area (Å²) in [5, 5.41) is 6.55. The van der Waals surface area contributed by atoms with Gasteiger partial charge < -0.3 is 19.8 Å². The van der Waals surface area contributed by atoms with E-state index in [-0.39, 0.29) is 29.8 Å². The Kier molecular flexibility index (Phi) is 10.4. The molecule has 1 aromatic heterocycles. The summed E-state index contributed by atoms with van der Waals surface area (Å²) in [6, 6.07) is 6.12. The van der Waals surface area contributed by atoms with Crippen molar-refractivity contribution >= 4 is 29.9 Å². The van der Waals surface area contributed by atoms with Crippen LogP contribution in [0.5, 0.6) is 0 Å². The fourth-order valence-electron chi connectivity index (χ4n) is 2.69. The monoisotopic (exact) mass is 516 g/mol. The lowest BCUT2D eigenvalue weighted by Gasteiger charge is -2.10. The fourth-order valence-corrected chi connectivity index (χ4v) is 2.69. The molecule has 2 aromatic rings. The van der Waals surface area contributed by atoms with E-state index in [0.717, 1.165) is 55.9 Å². The van der Waals surface area contributed by atoms with Gasteiger partial charge in [0.2, 0.25) is 5.89 Å². The molecular weight excluding hydrogens is 486 g/mol. The van der Waals surface area contributed by atoms with Crippen molar-refractivity contribution in [2.75, 3.05) is 32.8 Å². The number of benzene rings is 1. The van der Waals surface area contributed by atoms with E-state index in [1.54, 1.807) is 18.4 Å². The summed E-state index contributed by atoms with van der Waals surface area (Å²) in [5.41, 5.74) is 1.61. The van der Waals surface area contributed by atoms with E-state index in [2.05, 4.69) is 20.6 Å². The Morgan fingerprint density at radius 1 is 1.28 bits per heavy atom. The van der Waals surface area contributed by atoms with E-state index >= 15 is 0 Å². The molecule has 0 amide bonds. The van der Waals surface area contributed by atoms with Crippen molar-refractivity contribution < 1.29 is 13.5 Å². The van der Waals surface area contributed by atoms with Crippen LogP contribution >= 0.6 is 24.0 Å². The Labute approximate surface area is 188 Å². The Morgan fingerprint density at radius 2 is 2.07 bits per heavy atom. The van der Waals surface area contributed by atoms with Crippen molar-refractivity contribution in [3.05, 3.63) is 42.0 Å². The first kappa shape index (κ1) is 23.6. The van der Waals surface area contributed by atoms with Crippen molar-refractivity contribution in [3.63, 3.8) is 0 Å². The molecule has 1 heterocycles. The lowest BCUT2D eigenvalue weighted by molar-refractivity contribution is 0.123. The minimum Gasteiger partial charge on any atom is -0.444 e. The minimum absolute atomic E-state index is 0. The number of guanidine groups is 1. The number of ether oxygens (including phenoxy) is 1. The van der Waals surface area contributed by atoms with Crippen LogP contribution in [0.25, 0.3) is 11.5 Å². The van der Waals surface area contributed by atoms with E-state index in [0.29, 0.717) is 18.9 Å². The molecule has 1 aromatic carbocycles. The molecule has 29 heavy (non-hydrogen) atoms. The van der Waals surface area contributed by atoms with E-state index in [1.165, 1.54) is 25.0 Å². The second kappa shape index (κ2) is 12.8. The van der Waals surface area contributed by atoms with Gasteiger partial charge in [-0.1, -0.05) is 0 Å². The number of nitrogens with one attached hydrogen (secondary N) is 2. The average molecular weight is 516 g/mol. The molecule has 3 rings (SSSR count). The van der Waals surface area contributed by atoms with E-state index < -0.39 is 0 Å². The maximum atomic E-state index is 13.0.